The van der Waals surface area contributed by atoms with Crippen molar-refractivity contribution in [3.05, 3.63) is 90.3 Å². The van der Waals surface area contributed by atoms with Gasteiger partial charge < -0.3 is 10.1 Å². The number of hydrogen-bond acceptors (Lipinski definition) is 3. The molecule has 1 heterocycles. The second kappa shape index (κ2) is 14.0. The van der Waals surface area contributed by atoms with Gasteiger partial charge in [-0.3, -0.25) is 4.79 Å². The van der Waals surface area contributed by atoms with Crippen molar-refractivity contribution in [2.75, 3.05) is 0 Å². The first-order valence-corrected chi connectivity index (χ1v) is 14.1. The van der Waals surface area contributed by atoms with Gasteiger partial charge in [0.1, 0.15) is 0 Å². The minimum atomic E-state index is 0. The van der Waals surface area contributed by atoms with Crippen LogP contribution in [0, 0.1) is 23.8 Å². The van der Waals surface area contributed by atoms with Crippen LogP contribution in [-0.2, 0) is 31.3 Å². The Morgan fingerprint density at radius 2 is 1.50 bits per heavy atom. The van der Waals surface area contributed by atoms with Crippen LogP contribution in [-0.4, -0.2) is 15.9 Å². The van der Waals surface area contributed by atoms with E-state index < -0.39 is 0 Å². The van der Waals surface area contributed by atoms with Crippen LogP contribution in [0.5, 0.6) is 0 Å². The molecule has 1 aliphatic rings. The summed E-state index contributed by atoms with van der Waals surface area (Å²) in [6, 6.07) is 25.2. The standard InChI is InChI=1S/C25H20N.C11H20O2.Ir/c1-16(2)13-17-14-18-11-12-26-25-22-10-6-5-8-20(22)19-7-3-4-9-21(19)23(15-17)24(18)25;1-8(2)5-10(12)7-11(13)6-9(3)4;/h3-9,11-12,14-16H,13H2,1-2H3;7-9,12H,5-6H2,1-4H3;/q-1;;/b;10-7-;. The van der Waals surface area contributed by atoms with Crippen molar-refractivity contribution < 1.29 is 30.0 Å². The molecule has 0 fully saturated rings. The molecule has 1 N–H and O–H groups in total. The molecule has 0 atom stereocenters. The molecule has 0 saturated carbocycles. The number of hydrogen-bond donors (Lipinski definition) is 1. The number of aliphatic hydroxyl groups is 1. The van der Waals surface area contributed by atoms with Crippen molar-refractivity contribution in [1.82, 2.24) is 4.98 Å². The van der Waals surface area contributed by atoms with Gasteiger partial charge in [0, 0.05) is 45.2 Å². The van der Waals surface area contributed by atoms with Crippen LogP contribution in [0.4, 0.5) is 0 Å². The maximum absolute atomic E-state index is 11.2. The van der Waals surface area contributed by atoms with Crippen LogP contribution in [0.3, 0.4) is 0 Å². The molecule has 1 aromatic heterocycles. The van der Waals surface area contributed by atoms with Gasteiger partial charge in [0.2, 0.25) is 0 Å². The fraction of sp³-hybridized carbons (Fsp3) is 0.333. The minimum absolute atomic E-state index is 0. The summed E-state index contributed by atoms with van der Waals surface area (Å²) in [4.78, 5) is 16.0. The Bertz CT molecular complexity index is 1500. The number of aromatic nitrogens is 1. The Kier molecular flexibility index (Phi) is 11.0. The molecule has 0 amide bonds. The molecule has 1 radical (unpaired) electrons. The molecule has 211 valence electrons. The molecule has 4 heteroatoms. The topological polar surface area (TPSA) is 50.2 Å². The molecule has 0 aliphatic heterocycles. The number of nitrogens with zero attached hydrogens (tertiary/aromatic N) is 1. The van der Waals surface area contributed by atoms with E-state index in [4.69, 9.17) is 4.98 Å². The van der Waals surface area contributed by atoms with Gasteiger partial charge in [0.15, 0.2) is 5.78 Å². The van der Waals surface area contributed by atoms with E-state index in [9.17, 15) is 9.90 Å². The second-order valence-electron chi connectivity index (χ2n) is 11.8. The predicted octanol–water partition coefficient (Wildman–Crippen LogP) is 9.63. The number of benzene rings is 3. The molecule has 0 bridgehead atoms. The summed E-state index contributed by atoms with van der Waals surface area (Å²) in [5.74, 6) is 1.61. The van der Waals surface area contributed by atoms with Crippen LogP contribution < -0.4 is 0 Å². The minimum Gasteiger partial charge on any atom is -0.512 e. The van der Waals surface area contributed by atoms with Crippen molar-refractivity contribution in [2.24, 2.45) is 17.8 Å². The van der Waals surface area contributed by atoms with Crippen molar-refractivity contribution in [3.63, 3.8) is 0 Å². The molecular weight excluding hydrogens is 671 g/mol. The van der Waals surface area contributed by atoms with Gasteiger partial charge in [-0.15, -0.1) is 29.8 Å². The average Bonchev–Trinajstić information content (AvgIpc) is 2.98. The molecule has 3 nitrogen and oxygen atoms in total. The first-order valence-electron chi connectivity index (χ1n) is 14.1. The number of fused-ring (bicyclic) bond motifs is 5. The SMILES string of the molecule is CC(C)CC(=O)/C=C(\O)CC(C)C.CC(C)Cc1cc2c3c(nccc3c1)-c1[c-]cccc1-c1ccccc1-2.[Ir]. The molecule has 3 aromatic carbocycles. The molecular formula is C36H40IrNO2-. The van der Waals surface area contributed by atoms with E-state index in [1.165, 1.54) is 44.7 Å². The number of ketones is 1. The predicted molar refractivity (Wildman–Crippen MR) is 164 cm³/mol. The molecule has 1 aliphatic carbocycles. The number of aliphatic hydroxyl groups excluding tert-OH is 1. The number of carbonyl (C=O) groups is 1. The monoisotopic (exact) mass is 711 g/mol. The van der Waals surface area contributed by atoms with E-state index >= 15 is 0 Å². The fourth-order valence-electron chi connectivity index (χ4n) is 5.30. The van der Waals surface area contributed by atoms with Gasteiger partial charge >= 0.3 is 0 Å². The Morgan fingerprint density at radius 3 is 2.15 bits per heavy atom. The Balaban J connectivity index is 0.000000272. The van der Waals surface area contributed by atoms with Crippen molar-refractivity contribution in [1.29, 1.82) is 0 Å². The Hall–Kier alpha value is -3.07. The summed E-state index contributed by atoms with van der Waals surface area (Å²) >= 11 is 0. The fourth-order valence-corrected chi connectivity index (χ4v) is 5.30. The quantitative estimate of drug-likeness (QED) is 0.104. The van der Waals surface area contributed by atoms with Gasteiger partial charge in [-0.1, -0.05) is 89.1 Å². The van der Waals surface area contributed by atoms with Crippen molar-refractivity contribution >= 4 is 16.6 Å². The second-order valence-corrected chi connectivity index (χ2v) is 11.8. The normalized spacial score (nSPS) is 11.9. The summed E-state index contributed by atoms with van der Waals surface area (Å²) in [6.45, 7) is 12.6. The maximum atomic E-state index is 11.2. The Labute approximate surface area is 253 Å². The molecule has 0 unspecified atom stereocenters. The zero-order chi connectivity index (χ0) is 28.1. The van der Waals surface area contributed by atoms with Gasteiger partial charge in [-0.05, 0) is 63.4 Å². The Morgan fingerprint density at radius 1 is 0.850 bits per heavy atom. The van der Waals surface area contributed by atoms with E-state index in [-0.39, 0.29) is 31.6 Å². The van der Waals surface area contributed by atoms with Crippen molar-refractivity contribution in [3.8, 4) is 33.5 Å². The summed E-state index contributed by atoms with van der Waals surface area (Å²) < 4.78 is 0. The zero-order valence-electron chi connectivity index (χ0n) is 24.4. The van der Waals surface area contributed by atoms with Gasteiger partial charge in [0.25, 0.3) is 0 Å². The third-order valence-electron chi connectivity index (χ3n) is 6.72. The van der Waals surface area contributed by atoms with E-state index in [1.807, 2.05) is 40.0 Å². The van der Waals surface area contributed by atoms with E-state index in [1.54, 1.807) is 0 Å². The maximum Gasteiger partial charge on any atom is 0.159 e. The van der Waals surface area contributed by atoms with Crippen molar-refractivity contribution in [2.45, 2.75) is 60.8 Å². The molecule has 5 rings (SSSR count). The summed E-state index contributed by atoms with van der Waals surface area (Å²) in [7, 11) is 0. The van der Waals surface area contributed by atoms with Gasteiger partial charge in [0.05, 0.1) is 5.76 Å². The summed E-state index contributed by atoms with van der Waals surface area (Å²) in [6.07, 6.45) is 5.48. The third-order valence-corrected chi connectivity index (χ3v) is 6.72. The first-order chi connectivity index (χ1) is 18.6. The van der Waals surface area contributed by atoms with Crippen LogP contribution >= 0.6 is 0 Å². The van der Waals surface area contributed by atoms with E-state index in [2.05, 4.69) is 74.5 Å². The largest absolute Gasteiger partial charge is 0.512 e. The summed E-state index contributed by atoms with van der Waals surface area (Å²) in [5, 5.41) is 11.9. The first kappa shape index (κ1) is 31.5. The third kappa shape index (κ3) is 7.56. The van der Waals surface area contributed by atoms with Crippen LogP contribution in [0.2, 0.25) is 0 Å². The summed E-state index contributed by atoms with van der Waals surface area (Å²) in [5.41, 5.74) is 8.59. The number of rotatable bonds is 7. The number of carbonyl (C=O) groups excluding carboxylic acids is 1. The number of pyridine rings is 1. The van der Waals surface area contributed by atoms with Crippen LogP contribution in [0.25, 0.3) is 44.3 Å². The molecule has 40 heavy (non-hydrogen) atoms. The van der Waals surface area contributed by atoms with Crippen LogP contribution in [0.15, 0.2) is 78.7 Å². The van der Waals surface area contributed by atoms with Gasteiger partial charge in [-0.25, -0.2) is 0 Å². The molecule has 0 saturated heterocycles. The van der Waals surface area contributed by atoms with E-state index in [0.29, 0.717) is 30.6 Å². The van der Waals surface area contributed by atoms with Gasteiger partial charge in [-0.2, -0.15) is 0 Å². The zero-order valence-corrected chi connectivity index (χ0v) is 26.8. The number of allylic oxidation sites excluding steroid dienone is 2. The smallest absolute Gasteiger partial charge is 0.159 e. The molecule has 4 aromatic rings. The average molecular weight is 711 g/mol. The van der Waals surface area contributed by atoms with Crippen LogP contribution in [0.1, 0.15) is 59.9 Å². The van der Waals surface area contributed by atoms with E-state index in [0.717, 1.165) is 17.7 Å². The molecule has 0 spiro atoms.